The first kappa shape index (κ1) is 18.3. The molecule has 2 aliphatic heterocycles. The van der Waals surface area contributed by atoms with Gasteiger partial charge in [0.25, 0.3) is 5.79 Å². The minimum Gasteiger partial charge on any atom is -0.448 e. The molecule has 29 heavy (non-hydrogen) atoms. The lowest BCUT2D eigenvalue weighted by atomic mass is 10.1. The molecule has 0 bridgehead atoms. The van der Waals surface area contributed by atoms with E-state index in [1.54, 1.807) is 29.2 Å². The minimum absolute atomic E-state index is 0.105. The van der Waals surface area contributed by atoms with E-state index in [-0.39, 0.29) is 18.2 Å². The zero-order valence-electron chi connectivity index (χ0n) is 15.8. The number of hydrogen-bond acceptors (Lipinski definition) is 4. The van der Waals surface area contributed by atoms with Crippen molar-refractivity contribution in [1.29, 1.82) is 0 Å². The average molecular weight is 413 g/mol. The number of amides is 2. The molecule has 7 heteroatoms. The number of hydrogen-bond donors (Lipinski definition) is 1. The number of benzene rings is 2. The van der Waals surface area contributed by atoms with Crippen LogP contribution in [0.15, 0.2) is 42.5 Å². The van der Waals surface area contributed by atoms with Crippen molar-refractivity contribution in [3.05, 3.63) is 47.5 Å². The lowest BCUT2D eigenvalue weighted by molar-refractivity contribution is -0.122. The number of nitrogens with one attached hydrogen (secondary N) is 1. The molecule has 1 unspecified atom stereocenters. The zero-order chi connectivity index (χ0) is 20.0. The second-order valence-corrected chi connectivity index (χ2v) is 8.24. The first-order chi connectivity index (χ1) is 14.0. The molecule has 6 nitrogen and oxygen atoms in total. The van der Waals surface area contributed by atoms with Crippen molar-refractivity contribution in [3.8, 4) is 11.5 Å². The van der Waals surface area contributed by atoms with Gasteiger partial charge < -0.3 is 19.7 Å². The third kappa shape index (κ3) is 3.31. The highest BCUT2D eigenvalue weighted by Crippen LogP contribution is 2.47. The number of anilines is 2. The predicted octanol–water partition coefficient (Wildman–Crippen LogP) is 4.37. The van der Waals surface area contributed by atoms with Gasteiger partial charge in [-0.05, 0) is 37.1 Å². The number of halogens is 1. The molecule has 2 aromatic carbocycles. The summed E-state index contributed by atoms with van der Waals surface area (Å²) in [5.41, 5.74) is 1.27. The fourth-order valence-electron chi connectivity index (χ4n) is 4.32. The van der Waals surface area contributed by atoms with Gasteiger partial charge in [-0.2, -0.15) is 0 Å². The zero-order valence-corrected chi connectivity index (χ0v) is 16.6. The number of carbonyl (C=O) groups is 2. The number of nitrogens with zero attached hydrogens (tertiary/aromatic N) is 1. The number of rotatable bonds is 3. The van der Waals surface area contributed by atoms with Crippen molar-refractivity contribution in [3.63, 3.8) is 0 Å². The first-order valence-corrected chi connectivity index (χ1v) is 10.3. The molecule has 3 aliphatic rings. The molecule has 5 rings (SSSR count). The summed E-state index contributed by atoms with van der Waals surface area (Å²) < 4.78 is 12.1. The normalized spacial score (nSPS) is 21.8. The minimum atomic E-state index is -0.529. The summed E-state index contributed by atoms with van der Waals surface area (Å²) in [7, 11) is 0. The molecular formula is C22H21ClN2O4. The number of ether oxygens (including phenoxy) is 2. The van der Waals surface area contributed by atoms with Gasteiger partial charge in [-0.1, -0.05) is 23.7 Å². The molecule has 0 aromatic heterocycles. The summed E-state index contributed by atoms with van der Waals surface area (Å²) in [6, 6.07) is 12.6. The summed E-state index contributed by atoms with van der Waals surface area (Å²) in [5.74, 6) is 0.105. The Balaban J connectivity index is 1.27. The van der Waals surface area contributed by atoms with E-state index in [9.17, 15) is 9.59 Å². The topological polar surface area (TPSA) is 67.9 Å². The standard InChI is InChI=1S/C22H21ClN2O4/c23-16-5-1-2-6-17(16)25-13-14(11-20(25)26)21(27)24-15-7-8-18-19(12-15)29-22(28-18)9-3-4-10-22/h1-2,5-8,12,14H,3-4,9-11,13H2,(H,24,27). The molecular weight excluding hydrogens is 392 g/mol. The Kier molecular flexibility index (Phi) is 4.39. The maximum Gasteiger partial charge on any atom is 0.251 e. The highest BCUT2D eigenvalue weighted by Gasteiger charge is 2.44. The van der Waals surface area contributed by atoms with Crippen LogP contribution in [0.3, 0.4) is 0 Å². The van der Waals surface area contributed by atoms with Gasteiger partial charge in [-0.25, -0.2) is 0 Å². The van der Waals surface area contributed by atoms with E-state index in [0.29, 0.717) is 34.4 Å². The average Bonchev–Trinajstić information content (AvgIpc) is 3.41. The largest absolute Gasteiger partial charge is 0.448 e. The SMILES string of the molecule is O=C(Nc1ccc2c(c1)OC1(CCCC1)O2)C1CC(=O)N(c2ccccc2Cl)C1. The van der Waals surface area contributed by atoms with Crippen LogP contribution in [0.2, 0.25) is 5.02 Å². The molecule has 1 N–H and O–H groups in total. The Bertz CT molecular complexity index is 987. The van der Waals surface area contributed by atoms with Gasteiger partial charge >= 0.3 is 0 Å². The van der Waals surface area contributed by atoms with Crippen LogP contribution in [-0.4, -0.2) is 24.1 Å². The quantitative estimate of drug-likeness (QED) is 0.812. The van der Waals surface area contributed by atoms with Crippen LogP contribution in [0.5, 0.6) is 11.5 Å². The van der Waals surface area contributed by atoms with E-state index in [2.05, 4.69) is 5.32 Å². The highest BCUT2D eigenvalue weighted by atomic mass is 35.5. The molecule has 0 radical (unpaired) electrons. The van der Waals surface area contributed by atoms with Crippen LogP contribution in [0, 0.1) is 5.92 Å². The maximum absolute atomic E-state index is 12.8. The molecule has 2 aromatic rings. The number of para-hydroxylation sites is 1. The molecule has 1 saturated carbocycles. The van der Waals surface area contributed by atoms with Crippen LogP contribution in [0.1, 0.15) is 32.1 Å². The third-order valence-corrected chi connectivity index (χ3v) is 6.13. The van der Waals surface area contributed by atoms with Gasteiger partial charge in [0, 0.05) is 37.6 Å². The Hall–Kier alpha value is -2.73. The summed E-state index contributed by atoms with van der Waals surface area (Å²) in [4.78, 5) is 26.8. The van der Waals surface area contributed by atoms with Gasteiger partial charge in [-0.3, -0.25) is 9.59 Å². The monoisotopic (exact) mass is 412 g/mol. The first-order valence-electron chi connectivity index (χ1n) is 9.91. The van der Waals surface area contributed by atoms with Crippen LogP contribution in [-0.2, 0) is 9.59 Å². The second kappa shape index (κ2) is 6.95. The fourth-order valence-corrected chi connectivity index (χ4v) is 4.56. The van der Waals surface area contributed by atoms with Crippen molar-refractivity contribution in [2.24, 2.45) is 5.92 Å². The van der Waals surface area contributed by atoms with Crippen molar-refractivity contribution in [2.75, 3.05) is 16.8 Å². The predicted molar refractivity (Wildman–Crippen MR) is 109 cm³/mol. The second-order valence-electron chi connectivity index (χ2n) is 7.83. The molecule has 1 aliphatic carbocycles. The van der Waals surface area contributed by atoms with E-state index in [4.69, 9.17) is 21.1 Å². The van der Waals surface area contributed by atoms with Gasteiger partial charge in [0.05, 0.1) is 16.6 Å². The Morgan fingerprint density at radius 2 is 1.86 bits per heavy atom. The van der Waals surface area contributed by atoms with Crippen LogP contribution >= 0.6 is 11.6 Å². The summed E-state index contributed by atoms with van der Waals surface area (Å²) in [6.07, 6.45) is 4.10. The fraction of sp³-hybridized carbons (Fsp3) is 0.364. The molecule has 1 atom stereocenters. The van der Waals surface area contributed by atoms with Crippen molar-refractivity contribution >= 4 is 34.8 Å². The molecule has 150 valence electrons. The van der Waals surface area contributed by atoms with E-state index in [0.717, 1.165) is 25.7 Å². The van der Waals surface area contributed by atoms with E-state index >= 15 is 0 Å². The summed E-state index contributed by atoms with van der Waals surface area (Å²) in [6.45, 7) is 0.308. The van der Waals surface area contributed by atoms with Crippen LogP contribution in [0.25, 0.3) is 0 Å². The van der Waals surface area contributed by atoms with Crippen molar-refractivity contribution in [2.45, 2.75) is 37.9 Å². The molecule has 1 saturated heterocycles. The lowest BCUT2D eigenvalue weighted by Gasteiger charge is -2.21. The number of fused-ring (bicyclic) bond motifs is 1. The smallest absolute Gasteiger partial charge is 0.251 e. The third-order valence-electron chi connectivity index (χ3n) is 5.81. The summed E-state index contributed by atoms with van der Waals surface area (Å²) >= 11 is 6.21. The van der Waals surface area contributed by atoms with E-state index in [1.807, 2.05) is 18.2 Å². The maximum atomic E-state index is 12.8. The molecule has 1 spiro atoms. The Labute approximate surface area is 173 Å². The number of carbonyl (C=O) groups excluding carboxylic acids is 2. The molecule has 2 fully saturated rings. The van der Waals surface area contributed by atoms with Gasteiger partial charge in [0.15, 0.2) is 11.5 Å². The lowest BCUT2D eigenvalue weighted by Crippen LogP contribution is -2.34. The highest BCUT2D eigenvalue weighted by molar-refractivity contribution is 6.33. The Morgan fingerprint density at radius 1 is 1.10 bits per heavy atom. The van der Waals surface area contributed by atoms with Crippen LogP contribution in [0.4, 0.5) is 11.4 Å². The van der Waals surface area contributed by atoms with E-state index < -0.39 is 11.7 Å². The summed E-state index contributed by atoms with van der Waals surface area (Å²) in [5, 5.41) is 3.41. The van der Waals surface area contributed by atoms with Gasteiger partial charge in [-0.15, -0.1) is 0 Å². The van der Waals surface area contributed by atoms with Crippen molar-refractivity contribution in [1.82, 2.24) is 0 Å². The van der Waals surface area contributed by atoms with Crippen LogP contribution < -0.4 is 19.7 Å². The van der Waals surface area contributed by atoms with Crippen molar-refractivity contribution < 1.29 is 19.1 Å². The Morgan fingerprint density at radius 3 is 2.66 bits per heavy atom. The van der Waals surface area contributed by atoms with Gasteiger partial charge in [0.1, 0.15) is 0 Å². The molecule has 2 amide bonds. The van der Waals surface area contributed by atoms with Gasteiger partial charge in [0.2, 0.25) is 11.8 Å². The van der Waals surface area contributed by atoms with E-state index in [1.165, 1.54) is 0 Å². The molecule has 2 heterocycles.